The summed E-state index contributed by atoms with van der Waals surface area (Å²) >= 11 is 2.26. The highest BCUT2D eigenvalue weighted by Gasteiger charge is 2.18. The fourth-order valence-electron chi connectivity index (χ4n) is 1.84. The highest BCUT2D eigenvalue weighted by molar-refractivity contribution is 14.1. The van der Waals surface area contributed by atoms with Crippen LogP contribution in [-0.2, 0) is 9.53 Å². The van der Waals surface area contributed by atoms with Gasteiger partial charge in [-0.3, -0.25) is 0 Å². The van der Waals surface area contributed by atoms with Crippen molar-refractivity contribution < 1.29 is 19.4 Å². The number of hydrogen-bond acceptors (Lipinski definition) is 3. The summed E-state index contributed by atoms with van der Waals surface area (Å²) < 4.78 is 11.4. The van der Waals surface area contributed by atoms with Crippen LogP contribution in [0.15, 0.2) is 48.5 Å². The number of carboxylic acids is 1. The number of methoxy groups -OCH3 is 1. The fraction of sp³-hybridized carbons (Fsp3) is 0.188. The third-order valence-corrected chi connectivity index (χ3v) is 3.62. The highest BCUT2D eigenvalue weighted by atomic mass is 127. The summed E-state index contributed by atoms with van der Waals surface area (Å²) in [4.78, 5) is 11.0. The van der Waals surface area contributed by atoms with E-state index in [2.05, 4.69) is 22.6 Å². The lowest BCUT2D eigenvalue weighted by Crippen LogP contribution is -2.31. The molecule has 2 aromatic carbocycles. The van der Waals surface area contributed by atoms with Crippen LogP contribution in [0.4, 0.5) is 0 Å². The first kappa shape index (κ1) is 15.8. The van der Waals surface area contributed by atoms with Crippen LogP contribution < -0.4 is 4.74 Å². The largest absolute Gasteiger partial charge is 0.478 e. The van der Waals surface area contributed by atoms with Crippen molar-refractivity contribution in [1.82, 2.24) is 0 Å². The molecule has 110 valence electrons. The predicted octanol–water partition coefficient (Wildman–Crippen LogP) is 3.44. The molecule has 0 saturated carbocycles. The maximum Gasteiger partial charge on any atom is 0.347 e. The van der Waals surface area contributed by atoms with Crippen molar-refractivity contribution in [3.63, 3.8) is 0 Å². The van der Waals surface area contributed by atoms with Gasteiger partial charge in [0.25, 0.3) is 0 Å². The molecule has 0 aromatic heterocycles. The van der Waals surface area contributed by atoms with Crippen molar-refractivity contribution in [2.24, 2.45) is 0 Å². The molecule has 1 unspecified atom stereocenters. The van der Waals surface area contributed by atoms with E-state index in [1.165, 1.54) is 10.7 Å². The summed E-state index contributed by atoms with van der Waals surface area (Å²) in [5.74, 6) is -0.535. The van der Waals surface area contributed by atoms with Gasteiger partial charge in [-0.1, -0.05) is 24.3 Å². The molecule has 21 heavy (non-hydrogen) atoms. The van der Waals surface area contributed by atoms with Crippen molar-refractivity contribution in [3.8, 4) is 16.9 Å². The Morgan fingerprint density at radius 1 is 1.10 bits per heavy atom. The molecule has 1 atom stereocenters. The van der Waals surface area contributed by atoms with Crippen molar-refractivity contribution >= 4 is 28.6 Å². The van der Waals surface area contributed by atoms with Gasteiger partial charge >= 0.3 is 5.97 Å². The zero-order valence-electron chi connectivity index (χ0n) is 11.5. The number of benzene rings is 2. The quantitative estimate of drug-likeness (QED) is 0.758. The minimum atomic E-state index is -1.04. The number of hydrogen-bond donors (Lipinski definition) is 1. The Bertz CT molecular complexity index is 593. The van der Waals surface area contributed by atoms with Crippen molar-refractivity contribution in [2.45, 2.75) is 6.10 Å². The molecule has 0 fully saturated rings. The molecule has 4 nitrogen and oxygen atoms in total. The lowest BCUT2D eigenvalue weighted by atomic mass is 10.1. The minimum absolute atomic E-state index is 0.00814. The first-order valence-electron chi connectivity index (χ1n) is 6.34. The van der Waals surface area contributed by atoms with E-state index in [4.69, 9.17) is 14.6 Å². The van der Waals surface area contributed by atoms with Gasteiger partial charge in [0.2, 0.25) is 6.10 Å². The van der Waals surface area contributed by atoms with Gasteiger partial charge < -0.3 is 14.6 Å². The van der Waals surface area contributed by atoms with E-state index in [1.54, 1.807) is 12.1 Å². The molecule has 0 heterocycles. The second kappa shape index (κ2) is 7.42. The van der Waals surface area contributed by atoms with E-state index in [9.17, 15) is 4.79 Å². The van der Waals surface area contributed by atoms with E-state index >= 15 is 0 Å². The van der Waals surface area contributed by atoms with Gasteiger partial charge in [-0.15, -0.1) is 0 Å². The van der Waals surface area contributed by atoms with Crippen LogP contribution in [-0.4, -0.2) is 30.9 Å². The van der Waals surface area contributed by atoms with E-state index < -0.39 is 12.1 Å². The molecule has 0 aliphatic rings. The summed E-state index contributed by atoms with van der Waals surface area (Å²) in [5.41, 5.74) is 2.16. The second-order valence-corrected chi connectivity index (χ2v) is 5.68. The highest BCUT2D eigenvalue weighted by Crippen LogP contribution is 2.23. The Morgan fingerprint density at radius 3 is 2.10 bits per heavy atom. The molecule has 0 bridgehead atoms. The van der Waals surface area contributed by atoms with Gasteiger partial charge in [0.15, 0.2) is 0 Å². The van der Waals surface area contributed by atoms with Crippen LogP contribution in [0.25, 0.3) is 11.1 Å². The van der Waals surface area contributed by atoms with Crippen LogP contribution >= 0.6 is 22.6 Å². The van der Waals surface area contributed by atoms with Gasteiger partial charge in [0.1, 0.15) is 5.75 Å². The Balaban J connectivity index is 2.11. The van der Waals surface area contributed by atoms with E-state index in [1.807, 2.05) is 36.4 Å². The molecule has 2 rings (SSSR count). The number of carbonyl (C=O) groups is 1. The standard InChI is InChI=1S/C16H15IO4/c1-20-10-15(16(18)19)21-14-8-4-12(5-9-14)11-2-6-13(17)7-3-11/h2-9,15H,10H2,1H3,(H,18,19). The van der Waals surface area contributed by atoms with Crippen LogP contribution in [0.2, 0.25) is 0 Å². The molecule has 0 radical (unpaired) electrons. The minimum Gasteiger partial charge on any atom is -0.478 e. The third kappa shape index (κ3) is 4.44. The lowest BCUT2D eigenvalue weighted by Gasteiger charge is -2.14. The van der Waals surface area contributed by atoms with Crippen molar-refractivity contribution in [1.29, 1.82) is 0 Å². The Labute approximate surface area is 136 Å². The summed E-state index contributed by atoms with van der Waals surface area (Å²) in [6, 6.07) is 15.5. The molecule has 1 N–H and O–H groups in total. The smallest absolute Gasteiger partial charge is 0.347 e. The lowest BCUT2D eigenvalue weighted by molar-refractivity contribution is -0.147. The van der Waals surface area contributed by atoms with Gasteiger partial charge in [0, 0.05) is 10.7 Å². The average Bonchev–Trinajstić information content (AvgIpc) is 2.48. The number of rotatable bonds is 6. The summed E-state index contributed by atoms with van der Waals surface area (Å²) in [5, 5.41) is 9.02. The van der Waals surface area contributed by atoms with Gasteiger partial charge in [-0.25, -0.2) is 4.79 Å². The Hall–Kier alpha value is -1.60. The van der Waals surface area contributed by atoms with E-state index in [-0.39, 0.29) is 6.61 Å². The van der Waals surface area contributed by atoms with Crippen LogP contribution in [0.1, 0.15) is 0 Å². The topological polar surface area (TPSA) is 55.8 Å². The molecule has 0 aliphatic heterocycles. The van der Waals surface area contributed by atoms with Gasteiger partial charge in [-0.05, 0) is 58.0 Å². The van der Waals surface area contributed by atoms with Crippen LogP contribution in [0, 0.1) is 3.57 Å². The molecule has 0 amide bonds. The number of ether oxygens (including phenoxy) is 2. The first-order valence-corrected chi connectivity index (χ1v) is 7.42. The maximum atomic E-state index is 11.0. The second-order valence-electron chi connectivity index (χ2n) is 4.43. The summed E-state index contributed by atoms with van der Waals surface area (Å²) in [6.07, 6.45) is -1.00. The normalized spacial score (nSPS) is 11.9. The van der Waals surface area contributed by atoms with Crippen LogP contribution in [0.5, 0.6) is 5.75 Å². The predicted molar refractivity (Wildman–Crippen MR) is 88.5 cm³/mol. The van der Waals surface area contributed by atoms with Gasteiger partial charge in [-0.2, -0.15) is 0 Å². The van der Waals surface area contributed by atoms with Crippen LogP contribution in [0.3, 0.4) is 0 Å². The molecular formula is C16H15IO4. The molecule has 0 aliphatic carbocycles. The van der Waals surface area contributed by atoms with E-state index in [0.29, 0.717) is 5.75 Å². The number of carboxylic acid groups (broad SMARTS) is 1. The number of halogens is 1. The molecule has 2 aromatic rings. The SMILES string of the molecule is COCC(Oc1ccc(-c2ccc(I)cc2)cc1)C(=O)O. The van der Waals surface area contributed by atoms with Crippen molar-refractivity contribution in [2.75, 3.05) is 13.7 Å². The summed E-state index contributed by atoms with van der Waals surface area (Å²) in [7, 11) is 1.44. The zero-order valence-corrected chi connectivity index (χ0v) is 13.6. The molecular weight excluding hydrogens is 383 g/mol. The Morgan fingerprint density at radius 2 is 1.62 bits per heavy atom. The first-order chi connectivity index (χ1) is 10.1. The monoisotopic (exact) mass is 398 g/mol. The fourth-order valence-corrected chi connectivity index (χ4v) is 2.20. The molecule has 5 heteroatoms. The third-order valence-electron chi connectivity index (χ3n) is 2.90. The molecule has 0 spiro atoms. The van der Waals surface area contributed by atoms with Crippen molar-refractivity contribution in [3.05, 3.63) is 52.1 Å². The zero-order chi connectivity index (χ0) is 15.2. The van der Waals surface area contributed by atoms with Gasteiger partial charge in [0.05, 0.1) is 6.61 Å². The maximum absolute atomic E-state index is 11.0. The molecule has 0 saturated heterocycles. The van der Waals surface area contributed by atoms with E-state index in [0.717, 1.165) is 11.1 Å². The average molecular weight is 398 g/mol. The Kier molecular flexibility index (Phi) is 5.58. The summed E-state index contributed by atoms with van der Waals surface area (Å²) in [6.45, 7) is 0.00814. The number of aliphatic carboxylic acids is 1.